The summed E-state index contributed by atoms with van der Waals surface area (Å²) >= 11 is 0. The van der Waals surface area contributed by atoms with Gasteiger partial charge in [-0.1, -0.05) is 12.1 Å². The Morgan fingerprint density at radius 1 is 1.03 bits per heavy atom. The lowest BCUT2D eigenvalue weighted by Gasteiger charge is -2.25. The highest BCUT2D eigenvalue weighted by atomic mass is 32.2. The molecule has 0 saturated heterocycles. The van der Waals surface area contributed by atoms with Crippen molar-refractivity contribution in [1.82, 2.24) is 0 Å². The summed E-state index contributed by atoms with van der Waals surface area (Å²) in [4.78, 5) is 22.7. The quantitative estimate of drug-likeness (QED) is 0.345. The molecule has 184 valence electrons. The molecular weight excluding hydrogens is 488 g/mol. The van der Waals surface area contributed by atoms with Gasteiger partial charge >= 0.3 is 0 Å². The lowest BCUT2D eigenvalue weighted by molar-refractivity contribution is -0.387. The Labute approximate surface area is 198 Å². The Bertz CT molecular complexity index is 1380. The molecule has 0 heterocycles. The van der Waals surface area contributed by atoms with Crippen LogP contribution in [0, 0.1) is 21.7 Å². The summed E-state index contributed by atoms with van der Waals surface area (Å²) in [5, 5.41) is 13.8. The number of ether oxygens (including phenoxy) is 2. The second-order valence-electron chi connectivity index (χ2n) is 6.95. The summed E-state index contributed by atoms with van der Waals surface area (Å²) in [5.41, 5.74) is -0.948. The monoisotopic (exact) mass is 507 g/mol. The van der Waals surface area contributed by atoms with E-state index in [4.69, 9.17) is 9.47 Å². The molecule has 0 bridgehead atoms. The molecule has 0 aromatic heterocycles. The van der Waals surface area contributed by atoms with Crippen LogP contribution < -0.4 is 19.1 Å². The molecule has 3 rings (SSSR count). The number of nitrogens with one attached hydrogen (secondary N) is 1. The summed E-state index contributed by atoms with van der Waals surface area (Å²) < 4.78 is 65.0. The first-order chi connectivity index (χ1) is 16.6. The van der Waals surface area contributed by atoms with Gasteiger partial charge in [0.1, 0.15) is 18.0 Å². The average Bonchev–Trinajstić information content (AvgIpc) is 2.84. The number of halogens is 2. The van der Waals surface area contributed by atoms with Crippen LogP contribution in [0.1, 0.15) is 0 Å². The van der Waals surface area contributed by atoms with Crippen molar-refractivity contribution in [2.75, 3.05) is 30.4 Å². The third kappa shape index (κ3) is 5.46. The van der Waals surface area contributed by atoms with Crippen LogP contribution in [0.25, 0.3) is 0 Å². The predicted molar refractivity (Wildman–Crippen MR) is 122 cm³/mol. The van der Waals surface area contributed by atoms with Crippen LogP contribution in [0.3, 0.4) is 0 Å². The van der Waals surface area contributed by atoms with E-state index in [0.29, 0.717) is 10.1 Å². The Morgan fingerprint density at radius 2 is 1.74 bits per heavy atom. The Morgan fingerprint density at radius 3 is 2.37 bits per heavy atom. The van der Waals surface area contributed by atoms with E-state index >= 15 is 0 Å². The molecule has 35 heavy (non-hydrogen) atoms. The largest absolute Gasteiger partial charge is 0.497 e. The van der Waals surface area contributed by atoms with Crippen molar-refractivity contribution >= 4 is 33.0 Å². The van der Waals surface area contributed by atoms with E-state index in [-0.39, 0.29) is 17.1 Å². The molecule has 0 spiro atoms. The average molecular weight is 507 g/mol. The first-order valence-electron chi connectivity index (χ1n) is 9.81. The van der Waals surface area contributed by atoms with E-state index in [1.54, 1.807) is 0 Å². The number of nitrogens with zero attached hydrogens (tertiary/aromatic N) is 2. The van der Waals surface area contributed by atoms with Gasteiger partial charge < -0.3 is 14.8 Å². The fraction of sp³-hybridized carbons (Fsp3) is 0.136. The number of carbonyl (C=O) groups is 1. The minimum absolute atomic E-state index is 0.00728. The van der Waals surface area contributed by atoms with E-state index in [1.807, 2.05) is 0 Å². The fourth-order valence-corrected chi connectivity index (χ4v) is 4.73. The number of carbonyl (C=O) groups excluding carboxylic acids is 1. The number of sulfonamides is 1. The number of benzene rings is 3. The molecule has 3 aromatic rings. The molecular formula is C22H19F2N3O7S. The molecule has 1 amide bonds. The molecule has 0 unspecified atom stereocenters. The smallest absolute Gasteiger partial charge is 0.289 e. The number of methoxy groups -OCH3 is 2. The lowest BCUT2D eigenvalue weighted by Crippen LogP contribution is -2.38. The van der Waals surface area contributed by atoms with Crippen molar-refractivity contribution in [3.63, 3.8) is 0 Å². The van der Waals surface area contributed by atoms with Gasteiger partial charge in [0.25, 0.3) is 15.7 Å². The second kappa shape index (κ2) is 10.3. The van der Waals surface area contributed by atoms with Gasteiger partial charge in [0.15, 0.2) is 16.5 Å². The van der Waals surface area contributed by atoms with Gasteiger partial charge in [-0.3, -0.25) is 19.2 Å². The van der Waals surface area contributed by atoms with Crippen molar-refractivity contribution in [2.24, 2.45) is 0 Å². The molecule has 0 aliphatic carbocycles. The number of hydrogen-bond donors (Lipinski definition) is 1. The van der Waals surface area contributed by atoms with Crippen molar-refractivity contribution in [3.05, 3.63) is 82.4 Å². The number of nitro benzene ring substituents is 1. The third-order valence-electron chi connectivity index (χ3n) is 4.78. The molecule has 0 aliphatic heterocycles. The minimum Gasteiger partial charge on any atom is -0.497 e. The maximum absolute atomic E-state index is 13.6. The predicted octanol–water partition coefficient (Wildman–Crippen LogP) is 3.72. The maximum atomic E-state index is 13.6. The highest BCUT2D eigenvalue weighted by Gasteiger charge is 2.34. The van der Waals surface area contributed by atoms with Crippen molar-refractivity contribution in [2.45, 2.75) is 4.90 Å². The molecule has 0 aliphatic rings. The Kier molecular flexibility index (Phi) is 7.49. The number of hydrogen-bond acceptors (Lipinski definition) is 7. The summed E-state index contributed by atoms with van der Waals surface area (Å²) in [7, 11) is -2.07. The van der Waals surface area contributed by atoms with Crippen LogP contribution in [-0.2, 0) is 14.8 Å². The Hall–Kier alpha value is -4.26. The van der Waals surface area contributed by atoms with Crippen LogP contribution in [-0.4, -0.2) is 40.0 Å². The highest BCUT2D eigenvalue weighted by molar-refractivity contribution is 7.93. The molecule has 3 aromatic carbocycles. The molecule has 0 atom stereocenters. The van der Waals surface area contributed by atoms with Gasteiger partial charge in [0, 0.05) is 23.9 Å². The number of nitro groups is 1. The van der Waals surface area contributed by atoms with Gasteiger partial charge in [0.05, 0.1) is 24.8 Å². The third-order valence-corrected chi connectivity index (χ3v) is 6.58. The van der Waals surface area contributed by atoms with Gasteiger partial charge in [-0.25, -0.2) is 17.2 Å². The zero-order valence-electron chi connectivity index (χ0n) is 18.4. The SMILES string of the molecule is COc1ccc(N(CC(=O)Nc2ccc(F)c(F)c2)S(=O)(=O)c2ccccc2[N+](=O)[O-])c(OC)c1. The number of amides is 1. The van der Waals surface area contributed by atoms with Crippen molar-refractivity contribution < 1.29 is 36.4 Å². The normalized spacial score (nSPS) is 11.0. The van der Waals surface area contributed by atoms with Crippen LogP contribution in [0.4, 0.5) is 25.8 Å². The standard InChI is InChI=1S/C22H19F2N3O7S/c1-33-15-8-10-18(20(12-15)34-2)26(13-22(28)25-14-7-9-16(23)17(24)11-14)35(31,32)21-6-4-3-5-19(21)27(29)30/h3-12H,13H2,1-2H3,(H,25,28). The number of anilines is 2. The van der Waals surface area contributed by atoms with Crippen LogP contribution >= 0.6 is 0 Å². The van der Waals surface area contributed by atoms with E-state index in [9.17, 15) is 32.1 Å². The molecule has 0 fully saturated rings. The summed E-state index contributed by atoms with van der Waals surface area (Å²) in [5.74, 6) is -2.97. The number of para-hydroxylation sites is 1. The van der Waals surface area contributed by atoms with E-state index in [2.05, 4.69) is 5.32 Å². The zero-order chi connectivity index (χ0) is 25.8. The van der Waals surface area contributed by atoms with Gasteiger partial charge in [-0.15, -0.1) is 0 Å². The number of rotatable bonds is 9. The van der Waals surface area contributed by atoms with Crippen LogP contribution in [0.2, 0.25) is 0 Å². The van der Waals surface area contributed by atoms with Crippen LogP contribution in [0.15, 0.2) is 65.6 Å². The molecule has 0 radical (unpaired) electrons. The summed E-state index contributed by atoms with van der Waals surface area (Å²) in [6.07, 6.45) is 0. The first kappa shape index (κ1) is 25.4. The molecule has 1 N–H and O–H groups in total. The first-order valence-corrected chi connectivity index (χ1v) is 11.3. The van der Waals surface area contributed by atoms with Crippen LogP contribution in [0.5, 0.6) is 11.5 Å². The zero-order valence-corrected chi connectivity index (χ0v) is 19.2. The fourth-order valence-electron chi connectivity index (χ4n) is 3.14. The maximum Gasteiger partial charge on any atom is 0.289 e. The second-order valence-corrected chi connectivity index (χ2v) is 8.78. The van der Waals surface area contributed by atoms with Gasteiger partial charge in [-0.05, 0) is 30.3 Å². The molecule has 0 saturated carbocycles. The van der Waals surface area contributed by atoms with E-state index in [0.717, 1.165) is 30.3 Å². The Balaban J connectivity index is 2.10. The highest BCUT2D eigenvalue weighted by Crippen LogP contribution is 2.37. The van der Waals surface area contributed by atoms with Crippen molar-refractivity contribution in [1.29, 1.82) is 0 Å². The minimum atomic E-state index is -4.71. The van der Waals surface area contributed by atoms with Crippen molar-refractivity contribution in [3.8, 4) is 11.5 Å². The topological polar surface area (TPSA) is 128 Å². The van der Waals surface area contributed by atoms with Gasteiger partial charge in [0.2, 0.25) is 5.91 Å². The van der Waals surface area contributed by atoms with Gasteiger partial charge in [-0.2, -0.15) is 0 Å². The molecule has 13 heteroatoms. The van der Waals surface area contributed by atoms with E-state index in [1.165, 1.54) is 44.6 Å². The summed E-state index contributed by atoms with van der Waals surface area (Å²) in [6, 6.07) is 11.3. The summed E-state index contributed by atoms with van der Waals surface area (Å²) in [6.45, 7) is -0.879. The van der Waals surface area contributed by atoms with E-state index < -0.39 is 49.6 Å². The lowest BCUT2D eigenvalue weighted by atomic mass is 10.2. The molecule has 10 nitrogen and oxygen atoms in total.